The van der Waals surface area contributed by atoms with Gasteiger partial charge in [-0.1, -0.05) is 13.3 Å². The van der Waals surface area contributed by atoms with Crippen molar-refractivity contribution in [3.63, 3.8) is 0 Å². The van der Waals surface area contributed by atoms with Crippen molar-refractivity contribution in [1.29, 1.82) is 0 Å². The molecule has 0 bridgehead atoms. The minimum Gasteiger partial charge on any atom is -0.494 e. The Labute approximate surface area is 121 Å². The van der Waals surface area contributed by atoms with Gasteiger partial charge in [-0.05, 0) is 49.8 Å². The summed E-state index contributed by atoms with van der Waals surface area (Å²) in [6, 6.07) is 6.67. The van der Waals surface area contributed by atoms with E-state index in [0.717, 1.165) is 12.8 Å². The van der Waals surface area contributed by atoms with Crippen molar-refractivity contribution in [2.75, 3.05) is 12.4 Å². The standard InChI is InChI=1S/C14H22O3S2/c1-3-4-10-17-13-5-7-14(8-6-13)19(15,16)12(2)9-11-18/h5-8,12,18H,3-4,9-11H2,1-2H3. The van der Waals surface area contributed by atoms with Crippen LogP contribution in [0.15, 0.2) is 29.2 Å². The summed E-state index contributed by atoms with van der Waals surface area (Å²) in [7, 11) is -3.25. The molecule has 5 heteroatoms. The number of hydrogen-bond acceptors (Lipinski definition) is 4. The molecule has 0 aliphatic rings. The summed E-state index contributed by atoms with van der Waals surface area (Å²) < 4.78 is 30.0. The molecule has 3 nitrogen and oxygen atoms in total. The Balaban J connectivity index is 2.75. The van der Waals surface area contributed by atoms with Crippen molar-refractivity contribution in [2.24, 2.45) is 0 Å². The zero-order chi connectivity index (χ0) is 14.3. The molecule has 1 unspecified atom stereocenters. The molecule has 0 fully saturated rings. The number of ether oxygens (including phenoxy) is 1. The van der Waals surface area contributed by atoms with Crippen molar-refractivity contribution in [3.05, 3.63) is 24.3 Å². The lowest BCUT2D eigenvalue weighted by Crippen LogP contribution is -2.18. The fourth-order valence-corrected chi connectivity index (χ4v) is 3.60. The van der Waals surface area contributed by atoms with Crippen LogP contribution in [0.1, 0.15) is 33.1 Å². The summed E-state index contributed by atoms with van der Waals surface area (Å²) in [5.41, 5.74) is 0. The van der Waals surface area contributed by atoms with Gasteiger partial charge in [-0.15, -0.1) is 0 Å². The van der Waals surface area contributed by atoms with E-state index in [-0.39, 0.29) is 0 Å². The van der Waals surface area contributed by atoms with E-state index in [1.165, 1.54) is 0 Å². The summed E-state index contributed by atoms with van der Waals surface area (Å²) >= 11 is 4.08. The highest BCUT2D eigenvalue weighted by atomic mass is 32.2. The minimum atomic E-state index is -3.25. The number of sulfone groups is 1. The number of thiol groups is 1. The molecule has 19 heavy (non-hydrogen) atoms. The second-order valence-electron chi connectivity index (χ2n) is 4.54. The van der Waals surface area contributed by atoms with Gasteiger partial charge in [0, 0.05) is 0 Å². The van der Waals surface area contributed by atoms with Crippen LogP contribution in [-0.2, 0) is 9.84 Å². The maximum absolute atomic E-state index is 12.2. The van der Waals surface area contributed by atoms with Crippen LogP contribution in [-0.4, -0.2) is 26.0 Å². The zero-order valence-corrected chi connectivity index (χ0v) is 13.2. The van der Waals surface area contributed by atoms with E-state index in [1.54, 1.807) is 31.2 Å². The molecule has 1 aromatic rings. The quantitative estimate of drug-likeness (QED) is 0.591. The van der Waals surface area contributed by atoms with Gasteiger partial charge >= 0.3 is 0 Å². The van der Waals surface area contributed by atoms with Crippen molar-refractivity contribution in [3.8, 4) is 5.75 Å². The van der Waals surface area contributed by atoms with Crippen LogP contribution in [0.2, 0.25) is 0 Å². The number of benzene rings is 1. The highest BCUT2D eigenvalue weighted by Crippen LogP contribution is 2.21. The first-order valence-electron chi connectivity index (χ1n) is 6.60. The van der Waals surface area contributed by atoms with E-state index in [4.69, 9.17) is 4.74 Å². The highest BCUT2D eigenvalue weighted by Gasteiger charge is 2.22. The second-order valence-corrected chi connectivity index (χ2v) is 7.35. The van der Waals surface area contributed by atoms with Crippen LogP contribution in [0, 0.1) is 0 Å². The Hall–Kier alpha value is -0.680. The van der Waals surface area contributed by atoms with Gasteiger partial charge in [-0.3, -0.25) is 0 Å². The van der Waals surface area contributed by atoms with Gasteiger partial charge in [0.15, 0.2) is 9.84 Å². The molecule has 0 aromatic heterocycles. The van der Waals surface area contributed by atoms with Crippen LogP contribution >= 0.6 is 12.6 Å². The number of hydrogen-bond donors (Lipinski definition) is 1. The number of rotatable bonds is 8. The predicted molar refractivity (Wildman–Crippen MR) is 82.0 cm³/mol. The molecule has 0 amide bonds. The van der Waals surface area contributed by atoms with Gasteiger partial charge in [-0.25, -0.2) is 8.42 Å². The minimum absolute atomic E-state index is 0.352. The van der Waals surface area contributed by atoms with Crippen LogP contribution in [0.5, 0.6) is 5.75 Å². The molecule has 0 radical (unpaired) electrons. The molecule has 108 valence electrons. The summed E-state index contributed by atoms with van der Waals surface area (Å²) in [6.45, 7) is 4.48. The summed E-state index contributed by atoms with van der Waals surface area (Å²) in [6.07, 6.45) is 2.63. The van der Waals surface area contributed by atoms with Crippen molar-refractivity contribution >= 4 is 22.5 Å². The molecule has 1 atom stereocenters. The molecule has 0 saturated carbocycles. The average Bonchev–Trinajstić information content (AvgIpc) is 2.40. The third kappa shape index (κ3) is 4.73. The van der Waals surface area contributed by atoms with Gasteiger partial charge in [0.1, 0.15) is 5.75 Å². The molecule has 0 N–H and O–H groups in total. The third-order valence-corrected chi connectivity index (χ3v) is 5.47. The van der Waals surface area contributed by atoms with Crippen LogP contribution in [0.3, 0.4) is 0 Å². The van der Waals surface area contributed by atoms with Crippen LogP contribution < -0.4 is 4.74 Å². The Morgan fingerprint density at radius 1 is 1.26 bits per heavy atom. The molecule has 1 rings (SSSR count). The molecule has 0 heterocycles. The predicted octanol–water partition coefficient (Wildman–Crippen LogP) is 3.35. The van der Waals surface area contributed by atoms with Gasteiger partial charge in [0.25, 0.3) is 0 Å². The summed E-state index contributed by atoms with van der Waals surface area (Å²) in [5.74, 6) is 1.28. The Bertz CT molecular complexity index is 466. The lowest BCUT2D eigenvalue weighted by atomic mass is 10.3. The van der Waals surface area contributed by atoms with E-state index >= 15 is 0 Å². The highest BCUT2D eigenvalue weighted by molar-refractivity contribution is 7.92. The van der Waals surface area contributed by atoms with Crippen LogP contribution in [0.4, 0.5) is 0 Å². The Morgan fingerprint density at radius 2 is 1.89 bits per heavy atom. The largest absolute Gasteiger partial charge is 0.494 e. The summed E-state index contributed by atoms with van der Waals surface area (Å²) in [4.78, 5) is 0.352. The molecule has 0 aliphatic carbocycles. The number of unbranched alkanes of at least 4 members (excludes halogenated alkanes) is 1. The zero-order valence-electron chi connectivity index (χ0n) is 11.5. The van der Waals surface area contributed by atoms with E-state index < -0.39 is 15.1 Å². The molecule has 0 saturated heterocycles. The van der Waals surface area contributed by atoms with E-state index in [2.05, 4.69) is 19.6 Å². The molecule has 0 aliphatic heterocycles. The molecule has 1 aromatic carbocycles. The normalized spacial score (nSPS) is 13.2. The average molecular weight is 302 g/mol. The fourth-order valence-electron chi connectivity index (χ4n) is 1.63. The first kappa shape index (κ1) is 16.4. The third-order valence-electron chi connectivity index (χ3n) is 2.98. The smallest absolute Gasteiger partial charge is 0.180 e. The summed E-state index contributed by atoms with van der Waals surface area (Å²) in [5, 5.41) is -0.406. The lowest BCUT2D eigenvalue weighted by Gasteiger charge is -2.12. The monoisotopic (exact) mass is 302 g/mol. The van der Waals surface area contributed by atoms with Crippen molar-refractivity contribution in [1.82, 2.24) is 0 Å². The van der Waals surface area contributed by atoms with Crippen molar-refractivity contribution < 1.29 is 13.2 Å². The SMILES string of the molecule is CCCCOc1ccc(S(=O)(=O)C(C)CCS)cc1. The van der Waals surface area contributed by atoms with Gasteiger partial charge in [-0.2, -0.15) is 12.6 Å². The van der Waals surface area contributed by atoms with Crippen LogP contribution in [0.25, 0.3) is 0 Å². The van der Waals surface area contributed by atoms with Crippen molar-refractivity contribution in [2.45, 2.75) is 43.3 Å². The maximum atomic E-state index is 12.2. The first-order valence-corrected chi connectivity index (χ1v) is 8.78. The van der Waals surface area contributed by atoms with E-state index in [0.29, 0.717) is 29.4 Å². The first-order chi connectivity index (χ1) is 9.02. The fraction of sp³-hybridized carbons (Fsp3) is 0.571. The Kier molecular flexibility index (Phi) is 6.72. The maximum Gasteiger partial charge on any atom is 0.180 e. The van der Waals surface area contributed by atoms with Gasteiger partial charge in [0.05, 0.1) is 16.8 Å². The lowest BCUT2D eigenvalue weighted by molar-refractivity contribution is 0.309. The van der Waals surface area contributed by atoms with Gasteiger partial charge in [0.2, 0.25) is 0 Å². The Morgan fingerprint density at radius 3 is 2.42 bits per heavy atom. The van der Waals surface area contributed by atoms with E-state index in [1.807, 2.05) is 0 Å². The molecular weight excluding hydrogens is 280 g/mol. The topological polar surface area (TPSA) is 43.4 Å². The van der Waals surface area contributed by atoms with Gasteiger partial charge < -0.3 is 4.74 Å². The molecule has 0 spiro atoms. The second kappa shape index (κ2) is 7.80. The molecular formula is C14H22O3S2. The van der Waals surface area contributed by atoms with E-state index in [9.17, 15) is 8.42 Å².